The normalized spacial score (nSPS) is 14.1. The Morgan fingerprint density at radius 3 is 2.26 bits per heavy atom. The summed E-state index contributed by atoms with van der Waals surface area (Å²) in [6, 6.07) is 20.1. The molecule has 35 heavy (non-hydrogen) atoms. The number of nitrogens with zero attached hydrogens (tertiary/aromatic N) is 1. The Morgan fingerprint density at radius 1 is 0.829 bits per heavy atom. The van der Waals surface area contributed by atoms with E-state index in [1.807, 2.05) is 60.7 Å². The van der Waals surface area contributed by atoms with Crippen molar-refractivity contribution in [3.63, 3.8) is 0 Å². The topological polar surface area (TPSA) is 65.1 Å². The van der Waals surface area contributed by atoms with Crippen molar-refractivity contribution in [1.82, 2.24) is 4.90 Å². The zero-order valence-corrected chi connectivity index (χ0v) is 20.2. The van der Waals surface area contributed by atoms with Crippen molar-refractivity contribution in [2.75, 3.05) is 20.8 Å². The van der Waals surface area contributed by atoms with Gasteiger partial charge >= 0.3 is 0 Å². The summed E-state index contributed by atoms with van der Waals surface area (Å²) in [5.74, 6) is 1.33. The number of carbonyl (C=O) groups is 2. The molecular weight excluding hydrogens is 442 g/mol. The molecule has 1 aliphatic heterocycles. The molecule has 6 heteroatoms. The molecule has 6 nitrogen and oxygen atoms in total. The van der Waals surface area contributed by atoms with Crippen molar-refractivity contribution >= 4 is 23.5 Å². The summed E-state index contributed by atoms with van der Waals surface area (Å²) in [5, 5.41) is 0. The minimum atomic E-state index is -0.339. The quantitative estimate of drug-likeness (QED) is 0.231. The highest BCUT2D eigenvalue weighted by atomic mass is 16.5. The van der Waals surface area contributed by atoms with Crippen LogP contribution in [0.2, 0.25) is 0 Å². The van der Waals surface area contributed by atoms with Crippen LogP contribution < -0.4 is 14.2 Å². The summed E-state index contributed by atoms with van der Waals surface area (Å²) >= 11 is 0. The maximum Gasteiger partial charge on any atom is 0.261 e. The number of amides is 2. The number of imide groups is 1. The first kappa shape index (κ1) is 24.1. The molecule has 180 valence electrons. The summed E-state index contributed by atoms with van der Waals surface area (Å²) in [7, 11) is 3.20. The second-order valence-corrected chi connectivity index (χ2v) is 8.26. The highest BCUT2D eigenvalue weighted by Gasteiger charge is 2.34. The predicted molar refractivity (Wildman–Crippen MR) is 136 cm³/mol. The van der Waals surface area contributed by atoms with E-state index in [2.05, 4.69) is 6.92 Å². The fourth-order valence-electron chi connectivity index (χ4n) is 3.99. The van der Waals surface area contributed by atoms with Crippen LogP contribution in [-0.4, -0.2) is 37.5 Å². The van der Waals surface area contributed by atoms with Crippen LogP contribution in [0.15, 0.2) is 66.7 Å². The van der Waals surface area contributed by atoms with Gasteiger partial charge in [0, 0.05) is 11.1 Å². The summed E-state index contributed by atoms with van der Waals surface area (Å²) < 4.78 is 16.6. The SMILES string of the molecule is CCCCOc1cc(/C=C2/C(=O)N(Cc3ccc(OC)cc3)C(=O)c3ccccc32)ccc1OC. The molecule has 0 aromatic heterocycles. The largest absolute Gasteiger partial charge is 0.497 e. The van der Waals surface area contributed by atoms with E-state index in [4.69, 9.17) is 14.2 Å². The van der Waals surface area contributed by atoms with Crippen molar-refractivity contribution in [2.45, 2.75) is 26.3 Å². The minimum absolute atomic E-state index is 0.168. The van der Waals surface area contributed by atoms with E-state index >= 15 is 0 Å². The lowest BCUT2D eigenvalue weighted by Gasteiger charge is -2.29. The Labute approximate surface area is 205 Å². The first-order valence-corrected chi connectivity index (χ1v) is 11.7. The van der Waals surface area contributed by atoms with Gasteiger partial charge in [0.1, 0.15) is 5.75 Å². The van der Waals surface area contributed by atoms with E-state index in [0.29, 0.717) is 40.6 Å². The second kappa shape index (κ2) is 10.9. The maximum absolute atomic E-state index is 13.6. The molecule has 0 spiro atoms. The van der Waals surface area contributed by atoms with E-state index in [1.165, 1.54) is 4.90 Å². The molecule has 0 unspecified atom stereocenters. The first-order valence-electron chi connectivity index (χ1n) is 11.7. The second-order valence-electron chi connectivity index (χ2n) is 8.26. The molecule has 1 aliphatic rings. The lowest BCUT2D eigenvalue weighted by atomic mass is 9.91. The van der Waals surface area contributed by atoms with Crippen LogP contribution in [0.25, 0.3) is 11.6 Å². The van der Waals surface area contributed by atoms with Crippen molar-refractivity contribution in [3.05, 3.63) is 89.0 Å². The molecule has 1 heterocycles. The molecular formula is C29H29NO5. The van der Waals surface area contributed by atoms with E-state index < -0.39 is 0 Å². The van der Waals surface area contributed by atoms with Gasteiger partial charge in [-0.3, -0.25) is 14.5 Å². The molecule has 3 aromatic rings. The number of carbonyl (C=O) groups excluding carboxylic acids is 2. The Morgan fingerprint density at radius 2 is 1.57 bits per heavy atom. The number of methoxy groups -OCH3 is 2. The summed E-state index contributed by atoms with van der Waals surface area (Å²) in [4.78, 5) is 28.1. The Balaban J connectivity index is 1.71. The van der Waals surface area contributed by atoms with Crippen LogP contribution in [0.3, 0.4) is 0 Å². The van der Waals surface area contributed by atoms with Gasteiger partial charge in [-0.15, -0.1) is 0 Å². The molecule has 0 saturated heterocycles. The molecule has 0 N–H and O–H groups in total. The number of hydrogen-bond donors (Lipinski definition) is 0. The zero-order chi connectivity index (χ0) is 24.8. The number of fused-ring (bicyclic) bond motifs is 1. The van der Waals surface area contributed by atoms with Gasteiger partial charge in [0.2, 0.25) is 0 Å². The third kappa shape index (κ3) is 5.22. The summed E-state index contributed by atoms with van der Waals surface area (Å²) in [5.41, 5.74) is 3.20. The molecule has 0 radical (unpaired) electrons. The standard InChI is InChI=1S/C29H29NO5/c1-4-5-16-35-27-18-21(12-15-26(27)34-3)17-25-23-8-6-7-9-24(23)28(31)30(29(25)32)19-20-10-13-22(33-2)14-11-20/h6-15,17-18H,4-5,16,19H2,1-3H3/b25-17+. The van der Waals surface area contributed by atoms with E-state index in [1.54, 1.807) is 26.4 Å². The van der Waals surface area contributed by atoms with Crippen LogP contribution in [-0.2, 0) is 11.3 Å². The molecule has 0 fully saturated rings. The highest BCUT2D eigenvalue weighted by Crippen LogP contribution is 2.34. The Kier molecular flexibility index (Phi) is 7.51. The average Bonchev–Trinajstić information content (AvgIpc) is 2.89. The predicted octanol–water partition coefficient (Wildman–Crippen LogP) is 5.61. The lowest BCUT2D eigenvalue weighted by molar-refractivity contribution is -0.123. The molecule has 3 aromatic carbocycles. The fourth-order valence-corrected chi connectivity index (χ4v) is 3.99. The van der Waals surface area contributed by atoms with Gasteiger partial charge < -0.3 is 14.2 Å². The molecule has 0 saturated carbocycles. The van der Waals surface area contributed by atoms with Gasteiger partial charge in [0.25, 0.3) is 11.8 Å². The first-order chi connectivity index (χ1) is 17.0. The number of benzene rings is 3. The van der Waals surface area contributed by atoms with Crippen LogP contribution in [0.1, 0.15) is 46.8 Å². The maximum atomic E-state index is 13.6. The van der Waals surface area contributed by atoms with Crippen LogP contribution in [0.5, 0.6) is 17.2 Å². The fraction of sp³-hybridized carbons (Fsp3) is 0.241. The molecule has 2 amide bonds. The number of hydrogen-bond acceptors (Lipinski definition) is 5. The average molecular weight is 472 g/mol. The molecule has 0 atom stereocenters. The van der Waals surface area contributed by atoms with Gasteiger partial charge in [0.15, 0.2) is 11.5 Å². The zero-order valence-electron chi connectivity index (χ0n) is 20.2. The van der Waals surface area contributed by atoms with E-state index in [9.17, 15) is 9.59 Å². The van der Waals surface area contributed by atoms with Crippen molar-refractivity contribution < 1.29 is 23.8 Å². The van der Waals surface area contributed by atoms with Crippen LogP contribution in [0, 0.1) is 0 Å². The van der Waals surface area contributed by atoms with Crippen LogP contribution >= 0.6 is 0 Å². The molecule has 0 bridgehead atoms. The van der Waals surface area contributed by atoms with Gasteiger partial charge in [-0.25, -0.2) is 0 Å². The molecule has 4 rings (SSSR count). The van der Waals surface area contributed by atoms with Crippen molar-refractivity contribution in [3.8, 4) is 17.2 Å². The Hall–Kier alpha value is -4.06. The van der Waals surface area contributed by atoms with E-state index in [0.717, 1.165) is 24.0 Å². The van der Waals surface area contributed by atoms with Crippen molar-refractivity contribution in [1.29, 1.82) is 0 Å². The number of rotatable bonds is 9. The number of unbranched alkanes of at least 4 members (excludes halogenated alkanes) is 1. The molecule has 0 aliphatic carbocycles. The van der Waals surface area contributed by atoms with E-state index in [-0.39, 0.29) is 18.4 Å². The highest BCUT2D eigenvalue weighted by molar-refractivity contribution is 6.33. The van der Waals surface area contributed by atoms with Gasteiger partial charge in [-0.2, -0.15) is 0 Å². The van der Waals surface area contributed by atoms with Gasteiger partial charge in [0.05, 0.1) is 27.4 Å². The van der Waals surface area contributed by atoms with Crippen molar-refractivity contribution in [2.24, 2.45) is 0 Å². The third-order valence-electron chi connectivity index (χ3n) is 5.92. The van der Waals surface area contributed by atoms with Crippen LogP contribution in [0.4, 0.5) is 0 Å². The van der Waals surface area contributed by atoms with Gasteiger partial charge in [-0.05, 0) is 59.5 Å². The monoisotopic (exact) mass is 471 g/mol. The number of ether oxygens (including phenoxy) is 3. The summed E-state index contributed by atoms with van der Waals surface area (Å²) in [6.07, 6.45) is 3.76. The Bertz CT molecular complexity index is 1250. The smallest absolute Gasteiger partial charge is 0.261 e. The lowest BCUT2D eigenvalue weighted by Crippen LogP contribution is -2.41. The summed E-state index contributed by atoms with van der Waals surface area (Å²) in [6.45, 7) is 2.85. The third-order valence-corrected chi connectivity index (χ3v) is 5.92. The van der Waals surface area contributed by atoms with Gasteiger partial charge in [-0.1, -0.05) is 49.7 Å². The minimum Gasteiger partial charge on any atom is -0.497 e.